The van der Waals surface area contributed by atoms with Gasteiger partial charge in [0.25, 0.3) is 0 Å². The zero-order chi connectivity index (χ0) is 31.5. The molecule has 42 heavy (non-hydrogen) atoms. The number of aliphatic hydroxyl groups is 2. The van der Waals surface area contributed by atoms with Crippen LogP contribution >= 0.6 is 0 Å². The Bertz CT molecular complexity index is 1130. The van der Waals surface area contributed by atoms with E-state index in [9.17, 15) is 39.3 Å². The summed E-state index contributed by atoms with van der Waals surface area (Å²) in [4.78, 5) is 57.9. The Hall–Kier alpha value is -4.37. The average Bonchev–Trinajstić information content (AvgIpc) is 2.98. The summed E-state index contributed by atoms with van der Waals surface area (Å²) in [6.45, 7) is 6.67. The number of carboxylic acids is 1. The Labute approximate surface area is 241 Å². The molecule has 0 aliphatic heterocycles. The van der Waals surface area contributed by atoms with E-state index in [1.165, 1.54) is 18.2 Å². The number of rotatable bonds is 20. The van der Waals surface area contributed by atoms with Crippen LogP contribution in [0.4, 0.5) is 0 Å². The van der Waals surface area contributed by atoms with Gasteiger partial charge in [-0.15, -0.1) is 0 Å². The van der Waals surface area contributed by atoms with Crippen LogP contribution in [0.5, 0.6) is 0 Å². The van der Waals surface area contributed by atoms with Gasteiger partial charge < -0.3 is 43.7 Å². The molecule has 3 atom stereocenters. The number of carbonyl (C=O) groups excluding carboxylic acids is 4. The minimum Gasteiger partial charge on any atom is -0.478 e. The van der Waals surface area contributed by atoms with Gasteiger partial charge in [0, 0.05) is 18.2 Å². The molecule has 0 aromatic heterocycles. The molecule has 0 aliphatic rings. The molecule has 0 saturated heterocycles. The third-order valence-electron chi connectivity index (χ3n) is 4.87. The normalized spacial score (nSPS) is 12.9. The van der Waals surface area contributed by atoms with Crippen LogP contribution in [0.25, 0.3) is 6.08 Å². The molecule has 3 unspecified atom stereocenters. The lowest BCUT2D eigenvalue weighted by Gasteiger charge is -2.17. The van der Waals surface area contributed by atoms with Gasteiger partial charge in [-0.25, -0.2) is 24.0 Å². The molecule has 1 rings (SSSR count). The number of carboxylic acid groups (broad SMARTS) is 1. The van der Waals surface area contributed by atoms with Gasteiger partial charge in [-0.2, -0.15) is 0 Å². The maximum absolute atomic E-state index is 12.4. The van der Waals surface area contributed by atoms with Crippen molar-refractivity contribution in [1.29, 1.82) is 0 Å². The largest absolute Gasteiger partial charge is 0.478 e. The van der Waals surface area contributed by atoms with Gasteiger partial charge in [0.1, 0.15) is 38.6 Å². The minimum atomic E-state index is -1.38. The van der Waals surface area contributed by atoms with Crippen molar-refractivity contribution in [3.63, 3.8) is 0 Å². The van der Waals surface area contributed by atoms with E-state index in [0.717, 1.165) is 24.3 Å². The number of benzene rings is 1. The van der Waals surface area contributed by atoms with E-state index in [0.29, 0.717) is 0 Å². The Morgan fingerprint density at radius 3 is 2.02 bits per heavy atom. The van der Waals surface area contributed by atoms with Crippen molar-refractivity contribution in [3.05, 3.63) is 66.3 Å². The van der Waals surface area contributed by atoms with Gasteiger partial charge in [0.15, 0.2) is 0 Å². The van der Waals surface area contributed by atoms with Crippen molar-refractivity contribution in [1.82, 2.24) is 0 Å². The van der Waals surface area contributed by atoms with E-state index in [-0.39, 0.29) is 56.3 Å². The predicted octanol–water partition coefficient (Wildman–Crippen LogP) is 0.700. The van der Waals surface area contributed by atoms with Gasteiger partial charge in [-0.3, -0.25) is 0 Å². The fourth-order valence-corrected chi connectivity index (χ4v) is 2.85. The van der Waals surface area contributed by atoms with Gasteiger partial charge in [0.2, 0.25) is 0 Å². The van der Waals surface area contributed by atoms with Crippen molar-refractivity contribution < 1.29 is 67.7 Å². The Balaban J connectivity index is 2.48. The van der Waals surface area contributed by atoms with Crippen LogP contribution in [-0.4, -0.2) is 110 Å². The summed E-state index contributed by atoms with van der Waals surface area (Å²) >= 11 is 0. The Morgan fingerprint density at radius 2 is 1.38 bits per heavy atom. The van der Waals surface area contributed by atoms with Crippen LogP contribution < -0.4 is 0 Å². The zero-order valence-electron chi connectivity index (χ0n) is 23.0. The lowest BCUT2D eigenvalue weighted by molar-refractivity contribution is -0.144. The first-order valence-electron chi connectivity index (χ1n) is 12.5. The molecule has 230 valence electrons. The lowest BCUT2D eigenvalue weighted by atomic mass is 10.0. The first-order valence-corrected chi connectivity index (χ1v) is 12.5. The van der Waals surface area contributed by atoms with E-state index in [2.05, 4.69) is 22.6 Å². The summed E-state index contributed by atoms with van der Waals surface area (Å²) in [5, 5.41) is 29.0. The summed E-state index contributed by atoms with van der Waals surface area (Å²) in [6, 6.07) is 3.71. The number of aliphatic hydroxyl groups excluding tert-OH is 2. The summed E-state index contributed by atoms with van der Waals surface area (Å²) in [5.41, 5.74) is -0.344. The summed E-state index contributed by atoms with van der Waals surface area (Å²) in [5.74, 6) is -4.56. The topological polar surface area (TPSA) is 201 Å². The van der Waals surface area contributed by atoms with E-state index < -0.39 is 54.8 Å². The van der Waals surface area contributed by atoms with Crippen LogP contribution in [-0.2, 0) is 42.8 Å². The number of esters is 4. The SMILES string of the molecule is C=CC(=O)OCCOC(=O)c1cc(/C=C/C(=O)OCC(O)COC(C)COCC(O)COC(=O)C=C)ccc1C(=O)O. The van der Waals surface area contributed by atoms with Crippen LogP contribution in [0.1, 0.15) is 33.2 Å². The fourth-order valence-electron chi connectivity index (χ4n) is 2.85. The molecule has 1 aromatic carbocycles. The van der Waals surface area contributed by atoms with E-state index in [1.807, 2.05) is 0 Å². The molecule has 0 fully saturated rings. The van der Waals surface area contributed by atoms with Crippen LogP contribution in [0.15, 0.2) is 49.6 Å². The molecule has 0 heterocycles. The molecule has 0 saturated carbocycles. The van der Waals surface area contributed by atoms with Crippen molar-refractivity contribution in [2.45, 2.75) is 25.2 Å². The second kappa shape index (κ2) is 19.7. The number of carbonyl (C=O) groups is 5. The lowest BCUT2D eigenvalue weighted by Crippen LogP contribution is -2.29. The molecule has 14 nitrogen and oxygen atoms in total. The van der Waals surface area contributed by atoms with E-state index >= 15 is 0 Å². The molecule has 0 spiro atoms. The number of aromatic carboxylic acids is 1. The molecule has 0 amide bonds. The standard InChI is InChI=1S/C28H34O14/c1-4-24(31)38-10-11-39-28(36)23-12-19(6-8-22(23)27(34)35)7-9-26(33)42-17-21(30)15-40-18(3)13-37-14-20(29)16-41-25(32)5-2/h4-9,12,18,20-21,29-30H,1-2,10-11,13-17H2,3H3,(H,34,35)/b9-7+. The van der Waals surface area contributed by atoms with Crippen LogP contribution in [0, 0.1) is 0 Å². The highest BCUT2D eigenvalue weighted by Gasteiger charge is 2.19. The third-order valence-corrected chi connectivity index (χ3v) is 4.87. The number of hydrogen-bond acceptors (Lipinski definition) is 13. The third kappa shape index (κ3) is 14.9. The minimum absolute atomic E-state index is 0.0701. The molecular weight excluding hydrogens is 560 g/mol. The first kappa shape index (κ1) is 35.7. The van der Waals surface area contributed by atoms with Crippen molar-refractivity contribution in [3.8, 4) is 0 Å². The number of hydrogen-bond donors (Lipinski definition) is 3. The Kier molecular flexibility index (Phi) is 16.7. The number of ether oxygens (including phenoxy) is 6. The highest BCUT2D eigenvalue weighted by molar-refractivity contribution is 6.03. The monoisotopic (exact) mass is 594 g/mol. The second-order valence-corrected chi connectivity index (χ2v) is 8.40. The van der Waals surface area contributed by atoms with E-state index in [4.69, 9.17) is 18.9 Å². The van der Waals surface area contributed by atoms with Gasteiger partial charge >= 0.3 is 29.8 Å². The van der Waals surface area contributed by atoms with Gasteiger partial charge in [0.05, 0.1) is 37.1 Å². The van der Waals surface area contributed by atoms with Crippen LogP contribution in [0.2, 0.25) is 0 Å². The summed E-state index contributed by atoms with van der Waals surface area (Å²) in [7, 11) is 0. The maximum atomic E-state index is 12.4. The van der Waals surface area contributed by atoms with E-state index in [1.54, 1.807) is 6.92 Å². The van der Waals surface area contributed by atoms with Crippen molar-refractivity contribution in [2.75, 3.05) is 46.2 Å². The Morgan fingerprint density at radius 1 is 0.786 bits per heavy atom. The highest BCUT2D eigenvalue weighted by atomic mass is 16.6. The quantitative estimate of drug-likeness (QED) is 0.0824. The molecule has 0 radical (unpaired) electrons. The zero-order valence-corrected chi connectivity index (χ0v) is 23.0. The van der Waals surface area contributed by atoms with Gasteiger partial charge in [-0.1, -0.05) is 19.2 Å². The highest BCUT2D eigenvalue weighted by Crippen LogP contribution is 2.15. The molecule has 1 aromatic rings. The molecule has 0 bridgehead atoms. The van der Waals surface area contributed by atoms with Crippen molar-refractivity contribution >= 4 is 35.9 Å². The van der Waals surface area contributed by atoms with Gasteiger partial charge in [-0.05, 0) is 30.7 Å². The molecule has 14 heteroatoms. The summed E-state index contributed by atoms with van der Waals surface area (Å²) in [6.07, 6.45) is 1.52. The average molecular weight is 595 g/mol. The fraction of sp³-hybridized carbons (Fsp3) is 0.393. The predicted molar refractivity (Wildman–Crippen MR) is 144 cm³/mol. The second-order valence-electron chi connectivity index (χ2n) is 8.40. The first-order chi connectivity index (χ1) is 20.0. The summed E-state index contributed by atoms with van der Waals surface area (Å²) < 4.78 is 29.9. The molecular formula is C28H34O14. The molecule has 3 N–H and O–H groups in total. The van der Waals surface area contributed by atoms with Crippen LogP contribution in [0.3, 0.4) is 0 Å². The maximum Gasteiger partial charge on any atom is 0.339 e. The van der Waals surface area contributed by atoms with Crippen molar-refractivity contribution in [2.24, 2.45) is 0 Å². The molecule has 0 aliphatic carbocycles. The smallest absolute Gasteiger partial charge is 0.339 e.